The van der Waals surface area contributed by atoms with Crippen molar-refractivity contribution in [3.8, 4) is 34.6 Å². The van der Waals surface area contributed by atoms with E-state index in [9.17, 15) is 57.5 Å². The molecule has 4 aliphatic heterocycles. The normalized spacial score (nSPS) is 16.0. The number of pyridine rings is 2. The molecule has 11 aromatic rings. The number of nitrogens with zero attached hydrogens (tertiary/aromatic N) is 10. The van der Waals surface area contributed by atoms with Gasteiger partial charge in [-0.2, -0.15) is 0 Å². The van der Waals surface area contributed by atoms with Gasteiger partial charge < -0.3 is 42.5 Å². The van der Waals surface area contributed by atoms with Gasteiger partial charge in [0, 0.05) is 125 Å². The SMILES string of the molecule is C#CC(C)Nc1cccc2c1C(=O)N(C1CCC(=O)NC1=O)C2=O.CC(Nc1cccc2c1C(=O)N(C1CCC(=O)NC1=O)C2=O)c1cn(CCCCNC(=O)c2ccc(-c3cc4c(Nc5ccccc5)c(C(=O)NC5CC5)cnc4cc3F)cc2F)nn1.[N-]=[N+]=NCCCCNC(=O)c1ccc(-c2cc3c(Nc4ccccc4)c(C(=O)NC4CC4)cnc3cc2F)cc1F. The largest absolute Gasteiger partial charge is 0.376 e. The second kappa shape index (κ2) is 39.2. The molecule has 8 aromatic carbocycles. The number of imide groups is 4. The van der Waals surface area contributed by atoms with Gasteiger partial charge in [0.05, 0.1) is 85.2 Å². The summed E-state index contributed by atoms with van der Waals surface area (Å²) in [5, 5.41) is 41.3. The predicted molar refractivity (Wildman–Crippen MR) is 472 cm³/mol. The highest BCUT2D eigenvalue weighted by atomic mass is 19.1. The smallest absolute Gasteiger partial charge is 0.264 e. The van der Waals surface area contributed by atoms with E-state index in [-0.39, 0.29) is 123 Å². The van der Waals surface area contributed by atoms with Gasteiger partial charge in [0.15, 0.2) is 0 Å². The maximum Gasteiger partial charge on any atom is 0.264 e. The number of carbonyl (C=O) groups is 12. The van der Waals surface area contributed by atoms with Gasteiger partial charge in [-0.1, -0.05) is 76.9 Å². The predicted octanol–water partition coefficient (Wildman–Crippen LogP) is 13.3. The molecular weight excluding hydrogens is 1680 g/mol. The topological polar surface area (TPSA) is 437 Å². The third-order valence-electron chi connectivity index (χ3n) is 22.4. The van der Waals surface area contributed by atoms with Crippen LogP contribution in [0.5, 0.6) is 0 Å². The molecule has 130 heavy (non-hydrogen) atoms. The summed E-state index contributed by atoms with van der Waals surface area (Å²) >= 11 is 0. The zero-order valence-electron chi connectivity index (χ0n) is 70.0. The average Bonchev–Trinajstić information content (AvgIpc) is 1.53. The second-order valence-corrected chi connectivity index (χ2v) is 31.7. The molecule has 0 spiro atoms. The van der Waals surface area contributed by atoms with Crippen LogP contribution in [0.4, 0.5) is 51.7 Å². The van der Waals surface area contributed by atoms with E-state index in [1.165, 1.54) is 73.1 Å². The van der Waals surface area contributed by atoms with Crippen molar-refractivity contribution in [2.24, 2.45) is 5.11 Å². The number of aryl methyl sites for hydroxylation is 1. The number of para-hydroxylation sites is 2. The number of anilines is 6. The molecule has 7 heterocycles. The fraction of sp³-hybridized carbons (Fsp3) is 0.255. The number of rotatable bonds is 29. The first-order chi connectivity index (χ1) is 62.8. The number of unbranched alkanes of at least 4 members (excludes halogenated alkanes) is 2. The van der Waals surface area contributed by atoms with Gasteiger partial charge in [-0.05, 0) is 180 Å². The summed E-state index contributed by atoms with van der Waals surface area (Å²) in [6.07, 6.45) is 16.1. The van der Waals surface area contributed by atoms with Gasteiger partial charge in [-0.25, -0.2) is 17.6 Å². The Morgan fingerprint density at radius 1 is 0.523 bits per heavy atom. The summed E-state index contributed by atoms with van der Waals surface area (Å²) in [5.74, 6) is -6.75. The zero-order valence-corrected chi connectivity index (χ0v) is 70.0. The van der Waals surface area contributed by atoms with Crippen LogP contribution >= 0.6 is 0 Å². The number of halogens is 4. The average molecular weight is 1760 g/mol. The Hall–Kier alpha value is -16.1. The van der Waals surface area contributed by atoms with Crippen LogP contribution < -0.4 is 53.2 Å². The standard InChI is InChI=1S/C47H42F2N10O6.C30H27F2N7O2.C17H15N3O4/c1-25(52-36-11-7-10-30-41(36)47(65)59(46(30)64)39-16-17-40(60)55-45(39)63)38-24-58(57-56-38)19-6-5-18-50-43(61)29-15-12-26(20-34(29)48)31-21-32-37(22-35(31)49)51-23-33(44(62)54-28-13-14-28)42(32)53-27-8-3-2-4-9-27;31-25-14-18(8-11-21(25)29(40)34-12-4-5-13-36-39-33)22-15-23-27(16-26(22)32)35-17-24(30(41)38-20-9-10-20)28(23)37-19-6-2-1-3-7-19;1-3-9(2)18-11-6-4-5-10-14(11)17(24)20(16(10)23)12-7-8-13(21)19-15(12)22/h2-4,7-12,15,20-25,28,39,52H,5-6,13-14,16-19H2,1H3,(H,50,61)(H,51,53)(H,54,62)(H,55,60,63);1-3,6-8,11,14-17,20H,4-5,9-10,12-13H2,(H,34,40)(H,35,37)(H,38,41);1,4-6,9,12,18H,7-8H2,2H3,(H,19,21,22). The number of hydrogen-bond acceptors (Lipinski definition) is 21. The lowest BCUT2D eigenvalue weighted by Crippen LogP contribution is -2.54. The van der Waals surface area contributed by atoms with Crippen LogP contribution in [0.15, 0.2) is 181 Å². The van der Waals surface area contributed by atoms with E-state index in [4.69, 9.17) is 12.0 Å². The first-order valence-corrected chi connectivity index (χ1v) is 42.1. The van der Waals surface area contributed by atoms with Crippen LogP contribution in [0, 0.1) is 35.6 Å². The summed E-state index contributed by atoms with van der Waals surface area (Å²) in [5.41, 5.74) is 14.1. The lowest BCUT2D eigenvalue weighted by atomic mass is 9.98. The third kappa shape index (κ3) is 19.9. The van der Waals surface area contributed by atoms with Gasteiger partial charge >= 0.3 is 0 Å². The molecule has 2 aliphatic carbocycles. The molecule has 10 N–H and O–H groups in total. The fourth-order valence-electron chi connectivity index (χ4n) is 15.3. The second-order valence-electron chi connectivity index (χ2n) is 31.7. The highest BCUT2D eigenvalue weighted by Gasteiger charge is 2.48. The van der Waals surface area contributed by atoms with E-state index in [1.807, 2.05) is 67.6 Å². The van der Waals surface area contributed by atoms with Crippen LogP contribution in [0.2, 0.25) is 0 Å². The Bertz CT molecular complexity index is 6520. The van der Waals surface area contributed by atoms with E-state index < -0.39 is 100 Å². The van der Waals surface area contributed by atoms with Crippen LogP contribution in [0.3, 0.4) is 0 Å². The van der Waals surface area contributed by atoms with Gasteiger partial charge in [0.1, 0.15) is 41.0 Å². The van der Waals surface area contributed by atoms with E-state index in [0.29, 0.717) is 107 Å². The summed E-state index contributed by atoms with van der Waals surface area (Å²) < 4.78 is 63.2. The number of fused-ring (bicyclic) bond motifs is 4. The molecule has 660 valence electrons. The van der Waals surface area contributed by atoms with E-state index in [2.05, 4.69) is 89.4 Å². The van der Waals surface area contributed by atoms with Gasteiger partial charge in [-0.15, -0.1) is 11.5 Å². The molecule has 0 bridgehead atoms. The fourth-order valence-corrected chi connectivity index (χ4v) is 15.3. The molecule has 4 fully saturated rings. The summed E-state index contributed by atoms with van der Waals surface area (Å²) in [6.45, 7) is 4.87. The molecule has 36 heteroatoms. The van der Waals surface area contributed by atoms with Crippen molar-refractivity contribution < 1.29 is 75.1 Å². The molecule has 4 atom stereocenters. The monoisotopic (exact) mass is 1760 g/mol. The Balaban J connectivity index is 0.000000169. The Morgan fingerprint density at radius 2 is 0.985 bits per heavy atom. The van der Waals surface area contributed by atoms with Crippen molar-refractivity contribution >= 4 is 127 Å². The zero-order chi connectivity index (χ0) is 91.6. The van der Waals surface area contributed by atoms with Gasteiger partial charge in [-0.3, -0.25) is 92.6 Å². The molecule has 17 rings (SSSR count). The lowest BCUT2D eigenvalue weighted by molar-refractivity contribution is -0.137. The number of aromatic nitrogens is 5. The van der Waals surface area contributed by atoms with Crippen molar-refractivity contribution in [2.45, 2.75) is 134 Å². The number of terminal acetylenes is 1. The van der Waals surface area contributed by atoms with E-state index in [1.54, 1.807) is 42.1 Å². The number of carbonyl (C=O) groups excluding carboxylic acids is 12. The molecule has 4 unspecified atom stereocenters. The maximum atomic E-state index is 15.6. The van der Waals surface area contributed by atoms with Crippen LogP contribution in [-0.2, 0) is 25.7 Å². The highest BCUT2D eigenvalue weighted by molar-refractivity contribution is 6.27. The third-order valence-corrected chi connectivity index (χ3v) is 22.4. The quantitative estimate of drug-likeness (QED) is 0.00396. The van der Waals surface area contributed by atoms with Crippen molar-refractivity contribution in [3.63, 3.8) is 0 Å². The molecular formula is C94H84F4N20O12. The summed E-state index contributed by atoms with van der Waals surface area (Å²) in [6, 6.07) is 38.9. The Morgan fingerprint density at radius 3 is 1.42 bits per heavy atom. The van der Waals surface area contributed by atoms with Crippen molar-refractivity contribution in [3.05, 3.63) is 260 Å². The number of azide groups is 1. The number of amides is 12. The summed E-state index contributed by atoms with van der Waals surface area (Å²) in [4.78, 5) is 165. The molecule has 6 aliphatic rings. The molecule has 32 nitrogen and oxygen atoms in total. The van der Waals surface area contributed by atoms with E-state index in [0.717, 1.165) is 53.3 Å². The summed E-state index contributed by atoms with van der Waals surface area (Å²) in [7, 11) is 0. The van der Waals surface area contributed by atoms with Gasteiger partial charge in [0.25, 0.3) is 47.3 Å². The van der Waals surface area contributed by atoms with Gasteiger partial charge in [0.2, 0.25) is 23.6 Å². The molecule has 2 saturated heterocycles. The number of piperidine rings is 2. The number of nitrogens with one attached hydrogen (secondary N) is 10. The molecule has 2 saturated carbocycles. The van der Waals surface area contributed by atoms with E-state index >= 15 is 17.6 Å². The van der Waals surface area contributed by atoms with Crippen LogP contribution in [0.1, 0.15) is 185 Å². The Kier molecular flexibility index (Phi) is 26.8. The maximum absolute atomic E-state index is 15.6. The minimum absolute atomic E-state index is 0.0177. The number of hydrogen-bond donors (Lipinski definition) is 10. The van der Waals surface area contributed by atoms with Crippen LogP contribution in [0.25, 0.3) is 54.5 Å². The van der Waals surface area contributed by atoms with Crippen LogP contribution in [-0.4, -0.2) is 155 Å². The molecule has 3 aromatic heterocycles. The lowest BCUT2D eigenvalue weighted by Gasteiger charge is -2.27. The van der Waals surface area contributed by atoms with Crippen molar-refractivity contribution in [1.29, 1.82) is 0 Å². The minimum Gasteiger partial charge on any atom is -0.376 e. The first kappa shape index (κ1) is 88.8. The van der Waals surface area contributed by atoms with Crippen molar-refractivity contribution in [2.75, 3.05) is 40.9 Å². The van der Waals surface area contributed by atoms with Crippen molar-refractivity contribution in [1.82, 2.24) is 66.7 Å². The molecule has 0 radical (unpaired) electrons. The Labute approximate surface area is 739 Å². The minimum atomic E-state index is -1.08. The number of benzene rings is 8. The highest BCUT2D eigenvalue weighted by Crippen LogP contribution is 2.41. The molecule has 12 amide bonds. The first-order valence-electron chi connectivity index (χ1n) is 42.1.